The fourth-order valence-corrected chi connectivity index (χ4v) is 3.34. The maximum absolute atomic E-state index is 12.5. The summed E-state index contributed by atoms with van der Waals surface area (Å²) < 4.78 is 5.30. The van der Waals surface area contributed by atoms with Crippen molar-refractivity contribution in [3.8, 4) is 0 Å². The van der Waals surface area contributed by atoms with E-state index in [4.69, 9.17) is 4.52 Å². The van der Waals surface area contributed by atoms with Gasteiger partial charge in [-0.1, -0.05) is 37.2 Å². The van der Waals surface area contributed by atoms with Crippen LogP contribution in [0.25, 0.3) is 0 Å². The van der Waals surface area contributed by atoms with Crippen LogP contribution in [0.3, 0.4) is 0 Å². The molecule has 0 radical (unpaired) electrons. The molecule has 140 valence electrons. The maximum atomic E-state index is 12.5. The van der Waals surface area contributed by atoms with Crippen LogP contribution >= 0.6 is 0 Å². The minimum atomic E-state index is -0.0876. The number of anilines is 1. The number of piperazine rings is 1. The van der Waals surface area contributed by atoms with E-state index in [0.29, 0.717) is 23.6 Å². The molecule has 0 aliphatic carbocycles. The number of carbonyl (C=O) groups excluding carboxylic acids is 1. The van der Waals surface area contributed by atoms with Crippen molar-refractivity contribution in [2.24, 2.45) is 0 Å². The van der Waals surface area contributed by atoms with E-state index in [-0.39, 0.29) is 11.8 Å². The highest BCUT2D eigenvalue weighted by atomic mass is 16.5. The summed E-state index contributed by atoms with van der Waals surface area (Å²) in [6, 6.07) is 10.5. The second-order valence-corrected chi connectivity index (χ2v) is 7.08. The predicted molar refractivity (Wildman–Crippen MR) is 103 cm³/mol. The van der Waals surface area contributed by atoms with Gasteiger partial charge in [0.05, 0.1) is 5.69 Å². The molecule has 2 heterocycles. The van der Waals surface area contributed by atoms with E-state index in [0.717, 1.165) is 32.7 Å². The highest BCUT2D eigenvalue weighted by Gasteiger charge is 2.23. The molecule has 0 unspecified atom stereocenters. The van der Waals surface area contributed by atoms with E-state index >= 15 is 0 Å². The first-order valence-electron chi connectivity index (χ1n) is 9.33. The molecule has 26 heavy (non-hydrogen) atoms. The van der Waals surface area contributed by atoms with Gasteiger partial charge in [-0.3, -0.25) is 9.69 Å². The van der Waals surface area contributed by atoms with Crippen LogP contribution in [0.15, 0.2) is 34.9 Å². The highest BCUT2D eigenvalue weighted by molar-refractivity contribution is 5.96. The van der Waals surface area contributed by atoms with Crippen LogP contribution in [0.4, 0.5) is 5.69 Å². The maximum Gasteiger partial charge on any atom is 0.256 e. The molecule has 2 aromatic rings. The lowest BCUT2D eigenvalue weighted by Gasteiger charge is -2.36. The zero-order chi connectivity index (χ0) is 18.5. The summed E-state index contributed by atoms with van der Waals surface area (Å²) in [7, 11) is 0. The molecular weight excluding hydrogens is 328 g/mol. The lowest BCUT2D eigenvalue weighted by molar-refractivity contribution is 0.0944. The Morgan fingerprint density at radius 3 is 2.54 bits per heavy atom. The van der Waals surface area contributed by atoms with Gasteiger partial charge in [0.2, 0.25) is 0 Å². The molecule has 3 rings (SSSR count). The van der Waals surface area contributed by atoms with Crippen molar-refractivity contribution >= 4 is 11.6 Å². The standard InChI is InChI=1S/C20H28N4O2/c1-15(2)19-18(16(3)22-26-19)20(25)21-9-10-23-11-13-24(14-12-23)17-7-5-4-6-8-17/h4-8,15H,9-14H2,1-3H3,(H,21,25). The number of benzene rings is 1. The highest BCUT2D eigenvalue weighted by Crippen LogP contribution is 2.22. The van der Waals surface area contributed by atoms with E-state index in [1.165, 1.54) is 5.69 Å². The van der Waals surface area contributed by atoms with Gasteiger partial charge in [0, 0.05) is 50.9 Å². The SMILES string of the molecule is Cc1noc(C(C)C)c1C(=O)NCCN1CCN(c2ccccc2)CC1. The second kappa shape index (κ2) is 8.36. The number of carbonyl (C=O) groups is 1. The van der Waals surface area contributed by atoms with Gasteiger partial charge in [-0.15, -0.1) is 0 Å². The lowest BCUT2D eigenvalue weighted by atomic mass is 10.0. The average Bonchev–Trinajstić information content (AvgIpc) is 3.05. The molecular formula is C20H28N4O2. The van der Waals surface area contributed by atoms with E-state index in [9.17, 15) is 4.79 Å². The molecule has 1 aromatic carbocycles. The average molecular weight is 356 g/mol. The summed E-state index contributed by atoms with van der Waals surface area (Å²) >= 11 is 0. The molecule has 1 saturated heterocycles. The summed E-state index contributed by atoms with van der Waals surface area (Å²) in [5.74, 6) is 0.717. The number of hydrogen-bond acceptors (Lipinski definition) is 5. The number of aryl methyl sites for hydroxylation is 1. The summed E-state index contributed by atoms with van der Waals surface area (Å²) in [5, 5.41) is 6.96. The number of nitrogens with one attached hydrogen (secondary N) is 1. The van der Waals surface area contributed by atoms with Crippen molar-refractivity contribution in [2.75, 3.05) is 44.2 Å². The van der Waals surface area contributed by atoms with E-state index < -0.39 is 0 Å². The van der Waals surface area contributed by atoms with Crippen LogP contribution in [0.2, 0.25) is 0 Å². The number of rotatable bonds is 6. The Bertz CT molecular complexity index is 719. The van der Waals surface area contributed by atoms with E-state index in [2.05, 4.69) is 44.5 Å². The summed E-state index contributed by atoms with van der Waals surface area (Å²) in [5.41, 5.74) is 2.53. The molecule has 0 saturated carbocycles. The van der Waals surface area contributed by atoms with E-state index in [1.807, 2.05) is 26.8 Å². The van der Waals surface area contributed by atoms with Crippen LogP contribution in [0.5, 0.6) is 0 Å². The molecule has 6 nitrogen and oxygen atoms in total. The first-order chi connectivity index (χ1) is 12.6. The number of nitrogens with zero attached hydrogens (tertiary/aromatic N) is 3. The number of aromatic nitrogens is 1. The summed E-state index contributed by atoms with van der Waals surface area (Å²) in [4.78, 5) is 17.3. The Balaban J connectivity index is 1.45. The minimum Gasteiger partial charge on any atom is -0.369 e. The molecule has 0 bridgehead atoms. The third-order valence-corrected chi connectivity index (χ3v) is 4.85. The zero-order valence-electron chi connectivity index (χ0n) is 15.9. The molecule has 1 aromatic heterocycles. The fourth-order valence-electron chi connectivity index (χ4n) is 3.34. The smallest absolute Gasteiger partial charge is 0.256 e. The number of para-hydroxylation sites is 1. The van der Waals surface area contributed by atoms with Crippen LogP contribution in [0.1, 0.15) is 41.6 Å². The van der Waals surface area contributed by atoms with Crippen molar-refractivity contribution in [2.45, 2.75) is 26.7 Å². The van der Waals surface area contributed by atoms with E-state index in [1.54, 1.807) is 0 Å². The Morgan fingerprint density at radius 2 is 1.88 bits per heavy atom. The minimum absolute atomic E-state index is 0.0876. The molecule has 1 aliphatic rings. The van der Waals surface area contributed by atoms with Crippen LogP contribution < -0.4 is 10.2 Å². The number of amides is 1. The van der Waals surface area contributed by atoms with Gasteiger partial charge in [-0.05, 0) is 19.1 Å². The molecule has 0 atom stereocenters. The monoisotopic (exact) mass is 356 g/mol. The third kappa shape index (κ3) is 4.25. The Kier molecular flexibility index (Phi) is 5.93. The van der Waals surface area contributed by atoms with Crippen molar-refractivity contribution in [1.82, 2.24) is 15.4 Å². The third-order valence-electron chi connectivity index (χ3n) is 4.85. The molecule has 1 fully saturated rings. The summed E-state index contributed by atoms with van der Waals surface area (Å²) in [6.45, 7) is 11.4. The molecule has 6 heteroatoms. The van der Waals surface area contributed by atoms with Gasteiger partial charge in [-0.25, -0.2) is 0 Å². The van der Waals surface area contributed by atoms with Gasteiger partial charge in [0.1, 0.15) is 5.56 Å². The first kappa shape index (κ1) is 18.5. The van der Waals surface area contributed by atoms with Crippen LogP contribution in [-0.2, 0) is 0 Å². The predicted octanol–water partition coefficient (Wildman–Crippen LogP) is 2.66. The van der Waals surface area contributed by atoms with Crippen molar-refractivity contribution in [3.05, 3.63) is 47.3 Å². The molecule has 1 amide bonds. The van der Waals surface area contributed by atoms with Crippen LogP contribution in [0, 0.1) is 6.92 Å². The fraction of sp³-hybridized carbons (Fsp3) is 0.500. The van der Waals surface area contributed by atoms with Crippen molar-refractivity contribution in [3.63, 3.8) is 0 Å². The lowest BCUT2D eigenvalue weighted by Crippen LogP contribution is -2.48. The van der Waals surface area contributed by atoms with Crippen molar-refractivity contribution in [1.29, 1.82) is 0 Å². The van der Waals surface area contributed by atoms with Gasteiger partial charge in [0.25, 0.3) is 5.91 Å². The van der Waals surface area contributed by atoms with Gasteiger partial charge < -0.3 is 14.7 Å². The Hall–Kier alpha value is -2.34. The Morgan fingerprint density at radius 1 is 1.19 bits per heavy atom. The van der Waals surface area contributed by atoms with Gasteiger partial charge >= 0.3 is 0 Å². The van der Waals surface area contributed by atoms with Crippen molar-refractivity contribution < 1.29 is 9.32 Å². The largest absolute Gasteiger partial charge is 0.369 e. The topological polar surface area (TPSA) is 61.6 Å². The molecule has 0 spiro atoms. The quantitative estimate of drug-likeness (QED) is 0.862. The number of hydrogen-bond donors (Lipinski definition) is 1. The van der Waals surface area contributed by atoms with Gasteiger partial charge in [0.15, 0.2) is 5.76 Å². The van der Waals surface area contributed by atoms with Gasteiger partial charge in [-0.2, -0.15) is 0 Å². The summed E-state index contributed by atoms with van der Waals surface area (Å²) in [6.07, 6.45) is 0. The first-order valence-corrected chi connectivity index (χ1v) is 9.33. The normalized spacial score (nSPS) is 15.5. The second-order valence-electron chi connectivity index (χ2n) is 7.08. The Labute approximate surface area is 155 Å². The van der Waals surface area contributed by atoms with Crippen LogP contribution in [-0.4, -0.2) is 55.2 Å². The zero-order valence-corrected chi connectivity index (χ0v) is 15.9. The molecule has 1 aliphatic heterocycles. The molecule has 1 N–H and O–H groups in total.